The van der Waals surface area contributed by atoms with Gasteiger partial charge in [0, 0.05) is 6.54 Å². The molecule has 0 aliphatic carbocycles. The van der Waals surface area contributed by atoms with Crippen LogP contribution in [0.1, 0.15) is 38.2 Å². The van der Waals surface area contributed by atoms with E-state index in [2.05, 4.69) is 22.9 Å². The van der Waals surface area contributed by atoms with Crippen molar-refractivity contribution in [2.45, 2.75) is 39.2 Å². The SMILES string of the molecule is CCCCCCOc1ccc(CN)cc1Br. The van der Waals surface area contributed by atoms with E-state index in [4.69, 9.17) is 10.5 Å². The lowest BCUT2D eigenvalue weighted by atomic mass is 10.2. The zero-order chi connectivity index (χ0) is 11.8. The highest BCUT2D eigenvalue weighted by Gasteiger charge is 2.01. The standard InChI is InChI=1S/C13H20BrNO/c1-2-3-4-5-8-16-13-7-6-11(10-15)9-12(13)14/h6-7,9H,2-5,8,10,15H2,1H3. The van der Waals surface area contributed by atoms with Gasteiger partial charge in [0.25, 0.3) is 0 Å². The van der Waals surface area contributed by atoms with Crippen LogP contribution in [-0.4, -0.2) is 6.61 Å². The molecule has 1 rings (SSSR count). The summed E-state index contributed by atoms with van der Waals surface area (Å²) in [5, 5.41) is 0. The number of rotatable bonds is 7. The van der Waals surface area contributed by atoms with Crippen LogP contribution in [0.3, 0.4) is 0 Å². The molecule has 0 saturated heterocycles. The van der Waals surface area contributed by atoms with E-state index < -0.39 is 0 Å². The molecule has 0 aliphatic rings. The van der Waals surface area contributed by atoms with E-state index in [1.807, 2.05) is 18.2 Å². The minimum absolute atomic E-state index is 0.565. The summed E-state index contributed by atoms with van der Waals surface area (Å²) < 4.78 is 6.69. The van der Waals surface area contributed by atoms with Crippen molar-refractivity contribution < 1.29 is 4.74 Å². The predicted molar refractivity (Wildman–Crippen MR) is 71.7 cm³/mol. The maximum absolute atomic E-state index is 5.70. The van der Waals surface area contributed by atoms with Crippen molar-refractivity contribution in [3.63, 3.8) is 0 Å². The fourth-order valence-electron chi connectivity index (χ4n) is 1.50. The Morgan fingerprint density at radius 3 is 2.69 bits per heavy atom. The van der Waals surface area contributed by atoms with Crippen LogP contribution in [0.4, 0.5) is 0 Å². The van der Waals surface area contributed by atoms with Gasteiger partial charge in [-0.3, -0.25) is 0 Å². The Kier molecular flexibility index (Phi) is 6.50. The molecule has 0 bridgehead atoms. The van der Waals surface area contributed by atoms with Gasteiger partial charge in [0.05, 0.1) is 11.1 Å². The highest BCUT2D eigenvalue weighted by atomic mass is 79.9. The highest BCUT2D eigenvalue weighted by Crippen LogP contribution is 2.26. The van der Waals surface area contributed by atoms with Gasteiger partial charge in [0.15, 0.2) is 0 Å². The topological polar surface area (TPSA) is 35.2 Å². The van der Waals surface area contributed by atoms with Crippen molar-refractivity contribution in [3.8, 4) is 5.75 Å². The Bertz CT molecular complexity index is 315. The summed E-state index contributed by atoms with van der Waals surface area (Å²) >= 11 is 3.49. The van der Waals surface area contributed by atoms with Crippen molar-refractivity contribution in [1.29, 1.82) is 0 Å². The average Bonchev–Trinajstić information content (AvgIpc) is 2.30. The van der Waals surface area contributed by atoms with E-state index in [-0.39, 0.29) is 0 Å². The molecule has 0 fully saturated rings. The number of hydrogen-bond donors (Lipinski definition) is 1. The van der Waals surface area contributed by atoms with Crippen LogP contribution in [-0.2, 0) is 6.54 Å². The summed E-state index contributed by atoms with van der Waals surface area (Å²) in [6.45, 7) is 3.57. The second-order valence-corrected chi connectivity index (χ2v) is 4.73. The van der Waals surface area contributed by atoms with Gasteiger partial charge in [0.2, 0.25) is 0 Å². The van der Waals surface area contributed by atoms with E-state index in [9.17, 15) is 0 Å². The average molecular weight is 286 g/mol. The van der Waals surface area contributed by atoms with Crippen LogP contribution in [0.15, 0.2) is 22.7 Å². The molecule has 16 heavy (non-hydrogen) atoms. The van der Waals surface area contributed by atoms with Crippen LogP contribution >= 0.6 is 15.9 Å². The molecule has 0 aromatic heterocycles. The van der Waals surface area contributed by atoms with E-state index in [0.29, 0.717) is 6.54 Å². The summed E-state index contributed by atoms with van der Waals surface area (Å²) in [5.41, 5.74) is 6.68. The zero-order valence-corrected chi connectivity index (χ0v) is 11.4. The smallest absolute Gasteiger partial charge is 0.133 e. The Morgan fingerprint density at radius 1 is 1.25 bits per heavy atom. The number of ether oxygens (including phenoxy) is 1. The van der Waals surface area contributed by atoms with Gasteiger partial charge in [-0.1, -0.05) is 32.3 Å². The van der Waals surface area contributed by atoms with Gasteiger partial charge in [-0.15, -0.1) is 0 Å². The lowest BCUT2D eigenvalue weighted by molar-refractivity contribution is 0.303. The lowest BCUT2D eigenvalue weighted by Gasteiger charge is -2.09. The minimum Gasteiger partial charge on any atom is -0.492 e. The molecule has 90 valence electrons. The third kappa shape index (κ3) is 4.54. The van der Waals surface area contributed by atoms with Gasteiger partial charge in [-0.25, -0.2) is 0 Å². The Labute approximate surface area is 106 Å². The molecule has 0 amide bonds. The van der Waals surface area contributed by atoms with Gasteiger partial charge < -0.3 is 10.5 Å². The summed E-state index contributed by atoms with van der Waals surface area (Å²) in [4.78, 5) is 0. The number of halogens is 1. The first-order chi connectivity index (χ1) is 7.77. The van der Waals surface area contributed by atoms with Crippen LogP contribution in [0.5, 0.6) is 5.75 Å². The van der Waals surface area contributed by atoms with E-state index >= 15 is 0 Å². The molecule has 0 unspecified atom stereocenters. The lowest BCUT2D eigenvalue weighted by Crippen LogP contribution is -2.00. The Morgan fingerprint density at radius 2 is 2.06 bits per heavy atom. The predicted octanol–water partition coefficient (Wildman–Crippen LogP) is 3.87. The van der Waals surface area contributed by atoms with Crippen molar-refractivity contribution >= 4 is 15.9 Å². The van der Waals surface area contributed by atoms with Crippen LogP contribution < -0.4 is 10.5 Å². The van der Waals surface area contributed by atoms with Crippen LogP contribution in [0.2, 0.25) is 0 Å². The molecular weight excluding hydrogens is 266 g/mol. The fraction of sp³-hybridized carbons (Fsp3) is 0.538. The number of nitrogens with two attached hydrogens (primary N) is 1. The molecule has 0 spiro atoms. The van der Waals surface area contributed by atoms with Gasteiger partial charge in [0.1, 0.15) is 5.75 Å². The van der Waals surface area contributed by atoms with Gasteiger partial charge in [-0.2, -0.15) is 0 Å². The number of hydrogen-bond acceptors (Lipinski definition) is 2. The van der Waals surface area contributed by atoms with Crippen molar-refractivity contribution in [1.82, 2.24) is 0 Å². The monoisotopic (exact) mass is 285 g/mol. The summed E-state index contributed by atoms with van der Waals surface area (Å²) in [6, 6.07) is 6.00. The summed E-state index contributed by atoms with van der Waals surface area (Å²) in [5.74, 6) is 0.911. The summed E-state index contributed by atoms with van der Waals surface area (Å²) in [6.07, 6.45) is 4.92. The molecule has 2 N–H and O–H groups in total. The Hall–Kier alpha value is -0.540. The third-order valence-corrected chi connectivity index (χ3v) is 3.11. The zero-order valence-electron chi connectivity index (χ0n) is 9.84. The second-order valence-electron chi connectivity index (χ2n) is 3.88. The molecule has 0 heterocycles. The van der Waals surface area contributed by atoms with Crippen molar-refractivity contribution in [2.75, 3.05) is 6.61 Å². The maximum atomic E-state index is 5.70. The van der Waals surface area contributed by atoms with Gasteiger partial charge >= 0.3 is 0 Å². The van der Waals surface area contributed by atoms with E-state index in [0.717, 1.165) is 28.8 Å². The first-order valence-corrected chi connectivity index (χ1v) is 6.68. The molecular formula is C13H20BrNO. The van der Waals surface area contributed by atoms with Crippen LogP contribution in [0, 0.1) is 0 Å². The molecule has 0 atom stereocenters. The van der Waals surface area contributed by atoms with Crippen molar-refractivity contribution in [2.24, 2.45) is 5.73 Å². The molecule has 0 radical (unpaired) electrons. The summed E-state index contributed by atoms with van der Waals surface area (Å²) in [7, 11) is 0. The van der Waals surface area contributed by atoms with E-state index in [1.54, 1.807) is 0 Å². The quantitative estimate of drug-likeness (QED) is 0.772. The minimum atomic E-state index is 0.565. The molecule has 1 aromatic rings. The normalized spacial score (nSPS) is 10.4. The molecule has 0 saturated carbocycles. The molecule has 3 heteroatoms. The Balaban J connectivity index is 2.36. The molecule has 1 aromatic carbocycles. The molecule has 2 nitrogen and oxygen atoms in total. The van der Waals surface area contributed by atoms with Crippen molar-refractivity contribution in [3.05, 3.63) is 28.2 Å². The first kappa shape index (κ1) is 13.5. The van der Waals surface area contributed by atoms with Gasteiger partial charge in [-0.05, 0) is 40.0 Å². The third-order valence-electron chi connectivity index (χ3n) is 2.49. The van der Waals surface area contributed by atoms with Crippen LogP contribution in [0.25, 0.3) is 0 Å². The number of unbranched alkanes of at least 4 members (excludes halogenated alkanes) is 3. The highest BCUT2D eigenvalue weighted by molar-refractivity contribution is 9.10. The number of benzene rings is 1. The maximum Gasteiger partial charge on any atom is 0.133 e. The second kappa shape index (κ2) is 7.69. The molecule has 0 aliphatic heterocycles. The first-order valence-electron chi connectivity index (χ1n) is 5.89. The largest absolute Gasteiger partial charge is 0.492 e. The fourth-order valence-corrected chi connectivity index (χ4v) is 2.04. The van der Waals surface area contributed by atoms with E-state index in [1.165, 1.54) is 19.3 Å².